The molecule has 0 aliphatic rings. The van der Waals surface area contributed by atoms with Gasteiger partial charge in [-0.1, -0.05) is 74.8 Å². The molecule has 180 valence electrons. The van der Waals surface area contributed by atoms with Gasteiger partial charge in [0.1, 0.15) is 17.3 Å². The molecule has 2 aromatic carbocycles. The predicted octanol–water partition coefficient (Wildman–Crippen LogP) is 4.92. The van der Waals surface area contributed by atoms with Gasteiger partial charge < -0.3 is 10.4 Å². The van der Waals surface area contributed by atoms with E-state index in [4.69, 9.17) is 16.7 Å². The van der Waals surface area contributed by atoms with E-state index in [0.29, 0.717) is 11.5 Å². The molecule has 2 N–H and O–H groups in total. The Labute approximate surface area is 205 Å². The van der Waals surface area contributed by atoms with Gasteiger partial charge in [-0.25, -0.2) is 13.4 Å². The van der Waals surface area contributed by atoms with Crippen LogP contribution in [0.5, 0.6) is 0 Å². The van der Waals surface area contributed by atoms with Crippen molar-refractivity contribution in [1.29, 1.82) is 0 Å². The molecule has 0 saturated carbocycles. The maximum Gasteiger partial charge on any atom is 0.322 e. The fourth-order valence-corrected chi connectivity index (χ4v) is 5.24. The Kier molecular flexibility index (Phi) is 7.97. The summed E-state index contributed by atoms with van der Waals surface area (Å²) >= 11 is 6.24. The summed E-state index contributed by atoms with van der Waals surface area (Å²) in [5.74, 6) is -0.668. The molecule has 7 nitrogen and oxygen atoms in total. The molecule has 1 heterocycles. The highest BCUT2D eigenvalue weighted by atomic mass is 35.5. The number of carbonyl (C=O) groups is 1. The van der Waals surface area contributed by atoms with Crippen molar-refractivity contribution in [3.8, 4) is 0 Å². The molecule has 0 aliphatic heterocycles. The summed E-state index contributed by atoms with van der Waals surface area (Å²) < 4.78 is 28.5. The van der Waals surface area contributed by atoms with E-state index in [1.54, 1.807) is 36.4 Å². The molecule has 9 heteroatoms. The third-order valence-electron chi connectivity index (χ3n) is 5.20. The smallest absolute Gasteiger partial charge is 0.322 e. The van der Waals surface area contributed by atoms with Crippen molar-refractivity contribution in [1.82, 2.24) is 9.29 Å². The number of pyridine rings is 1. The number of aliphatic carboxylic acids is 1. The van der Waals surface area contributed by atoms with Gasteiger partial charge in [0.15, 0.2) is 0 Å². The average molecular weight is 502 g/mol. The van der Waals surface area contributed by atoms with Crippen LogP contribution in [0, 0.1) is 0 Å². The van der Waals surface area contributed by atoms with E-state index in [1.165, 1.54) is 10.4 Å². The largest absolute Gasteiger partial charge is 0.480 e. The number of carboxylic acids is 1. The lowest BCUT2D eigenvalue weighted by molar-refractivity contribution is -0.134. The number of halogens is 1. The highest BCUT2D eigenvalue weighted by Crippen LogP contribution is 2.28. The zero-order chi connectivity index (χ0) is 24.9. The number of hydrogen-bond donors (Lipinski definition) is 2. The van der Waals surface area contributed by atoms with Crippen LogP contribution in [0.15, 0.2) is 71.6 Å². The lowest BCUT2D eigenvalue weighted by atomic mass is 9.87. The normalized spacial score (nSPS) is 12.0. The highest BCUT2D eigenvalue weighted by molar-refractivity contribution is 7.89. The van der Waals surface area contributed by atoms with Crippen molar-refractivity contribution in [2.75, 3.05) is 11.9 Å². The molecular formula is C25H28ClN3O4S. The second-order valence-electron chi connectivity index (χ2n) is 8.91. The van der Waals surface area contributed by atoms with Crippen molar-refractivity contribution < 1.29 is 18.3 Å². The zero-order valence-corrected chi connectivity index (χ0v) is 20.9. The molecule has 0 radical (unpaired) electrons. The van der Waals surface area contributed by atoms with E-state index in [0.717, 1.165) is 11.1 Å². The van der Waals surface area contributed by atoms with Gasteiger partial charge in [0, 0.05) is 6.54 Å². The van der Waals surface area contributed by atoms with Gasteiger partial charge in [0.25, 0.3) is 0 Å². The topological polar surface area (TPSA) is 99.6 Å². The molecule has 1 aromatic heterocycles. The number of sulfonamides is 1. The number of carboxylic acid groups (broad SMARTS) is 1. The van der Waals surface area contributed by atoms with E-state index in [-0.39, 0.29) is 35.0 Å². The van der Waals surface area contributed by atoms with Crippen LogP contribution in [-0.2, 0) is 33.3 Å². The van der Waals surface area contributed by atoms with E-state index >= 15 is 0 Å². The molecule has 3 aromatic rings. The maximum atomic E-state index is 13.6. The Morgan fingerprint density at radius 3 is 2.29 bits per heavy atom. The van der Waals surface area contributed by atoms with Crippen molar-refractivity contribution in [3.63, 3.8) is 0 Å². The van der Waals surface area contributed by atoms with Crippen molar-refractivity contribution in [2.24, 2.45) is 0 Å². The number of nitrogens with zero attached hydrogens (tertiary/aromatic N) is 2. The van der Waals surface area contributed by atoms with Crippen LogP contribution in [-0.4, -0.2) is 35.3 Å². The zero-order valence-electron chi connectivity index (χ0n) is 19.3. The highest BCUT2D eigenvalue weighted by Gasteiger charge is 2.27. The number of hydrogen-bond acceptors (Lipinski definition) is 5. The molecular weight excluding hydrogens is 474 g/mol. The summed E-state index contributed by atoms with van der Waals surface area (Å²) in [4.78, 5) is 15.3. The fourth-order valence-electron chi connectivity index (χ4n) is 3.35. The first-order valence-electron chi connectivity index (χ1n) is 10.7. The average Bonchev–Trinajstić information content (AvgIpc) is 2.77. The first-order chi connectivity index (χ1) is 16.0. The van der Waals surface area contributed by atoms with E-state index in [2.05, 4.69) is 31.1 Å². The number of nitrogens with one attached hydrogen (secondary N) is 1. The molecule has 34 heavy (non-hydrogen) atoms. The van der Waals surface area contributed by atoms with Gasteiger partial charge in [-0.15, -0.1) is 0 Å². The molecule has 0 atom stereocenters. The lowest BCUT2D eigenvalue weighted by Gasteiger charge is -2.24. The maximum absolute atomic E-state index is 13.6. The second kappa shape index (κ2) is 10.5. The minimum Gasteiger partial charge on any atom is -0.480 e. The molecule has 0 amide bonds. The molecule has 0 spiro atoms. The molecule has 0 saturated heterocycles. The molecule has 3 rings (SSSR count). The summed E-state index contributed by atoms with van der Waals surface area (Å²) in [6, 6.07) is 19.2. The van der Waals surface area contributed by atoms with Crippen LogP contribution in [0.25, 0.3) is 0 Å². The Bertz CT molecular complexity index is 1260. The number of aromatic nitrogens is 1. The SMILES string of the molecule is CC(C)(C)c1ccc(CN(Cc2cccc(NCC(=O)O)n2)S(=O)(=O)c2ccccc2Cl)cc1. The standard InChI is InChI=1S/C25H28ClN3O4S/c1-25(2,3)19-13-11-18(12-14-19)16-29(34(32,33)22-9-5-4-8-21(22)26)17-20-7-6-10-23(28-20)27-15-24(30)31/h4-14H,15-17H2,1-3H3,(H,27,28)(H,30,31). The van der Waals surface area contributed by atoms with Gasteiger partial charge in [0.05, 0.1) is 17.3 Å². The quantitative estimate of drug-likeness (QED) is 0.431. The summed E-state index contributed by atoms with van der Waals surface area (Å²) in [6.07, 6.45) is 0. The number of anilines is 1. The minimum atomic E-state index is -3.96. The molecule has 0 unspecified atom stereocenters. The van der Waals surface area contributed by atoms with Gasteiger partial charge in [0.2, 0.25) is 10.0 Å². The van der Waals surface area contributed by atoms with E-state index in [9.17, 15) is 13.2 Å². The van der Waals surface area contributed by atoms with Crippen LogP contribution in [0.1, 0.15) is 37.6 Å². The minimum absolute atomic E-state index is 0.0167. The van der Waals surface area contributed by atoms with Crippen LogP contribution < -0.4 is 5.32 Å². The molecule has 0 fully saturated rings. The van der Waals surface area contributed by atoms with Crippen molar-refractivity contribution in [2.45, 2.75) is 44.2 Å². The van der Waals surface area contributed by atoms with Gasteiger partial charge in [-0.2, -0.15) is 4.31 Å². The van der Waals surface area contributed by atoms with Crippen molar-refractivity contribution >= 4 is 33.4 Å². The van der Waals surface area contributed by atoms with Gasteiger partial charge in [-0.05, 0) is 40.8 Å². The van der Waals surface area contributed by atoms with E-state index in [1.807, 2.05) is 24.3 Å². The van der Waals surface area contributed by atoms with Crippen molar-refractivity contribution in [3.05, 3.63) is 88.6 Å². The predicted molar refractivity (Wildman–Crippen MR) is 133 cm³/mol. The van der Waals surface area contributed by atoms with Crippen LogP contribution in [0.4, 0.5) is 5.82 Å². The summed E-state index contributed by atoms with van der Waals surface area (Å²) in [6.45, 7) is 6.16. The summed E-state index contributed by atoms with van der Waals surface area (Å²) in [5.41, 5.74) is 2.42. The Balaban J connectivity index is 1.95. The molecule has 0 bridgehead atoms. The Hall–Kier alpha value is -2.94. The third-order valence-corrected chi connectivity index (χ3v) is 7.49. The lowest BCUT2D eigenvalue weighted by Crippen LogP contribution is -2.31. The van der Waals surface area contributed by atoms with Gasteiger partial charge in [-0.3, -0.25) is 4.79 Å². The van der Waals surface area contributed by atoms with E-state index < -0.39 is 16.0 Å². The van der Waals surface area contributed by atoms with Crippen LogP contribution in [0.3, 0.4) is 0 Å². The molecule has 0 aliphatic carbocycles. The first kappa shape index (κ1) is 25.7. The second-order valence-corrected chi connectivity index (χ2v) is 11.2. The third kappa shape index (κ3) is 6.56. The number of benzene rings is 2. The van der Waals surface area contributed by atoms with Gasteiger partial charge >= 0.3 is 5.97 Å². The van der Waals surface area contributed by atoms with Crippen LogP contribution >= 0.6 is 11.6 Å². The first-order valence-corrected chi connectivity index (χ1v) is 12.5. The monoisotopic (exact) mass is 501 g/mol. The Morgan fingerprint density at radius 1 is 1.00 bits per heavy atom. The summed E-state index contributed by atoms with van der Waals surface area (Å²) in [7, 11) is -3.96. The fraction of sp³-hybridized carbons (Fsp3) is 0.280. The van der Waals surface area contributed by atoms with Crippen LogP contribution in [0.2, 0.25) is 5.02 Å². The number of rotatable bonds is 9. The Morgan fingerprint density at radius 2 is 1.68 bits per heavy atom. The summed E-state index contributed by atoms with van der Waals surface area (Å²) in [5, 5.41) is 11.7.